The van der Waals surface area contributed by atoms with Crippen LogP contribution in [0.4, 0.5) is 0 Å². The number of hydrogen-bond donors (Lipinski definition) is 0. The van der Waals surface area contributed by atoms with E-state index >= 15 is 0 Å². The molecular weight excluding hydrogens is 257 g/mol. The zero-order valence-corrected chi connectivity index (χ0v) is 11.2. The van der Waals surface area contributed by atoms with Crippen LogP contribution in [0.1, 0.15) is 0 Å². The third-order valence-corrected chi connectivity index (χ3v) is 3.99. The Morgan fingerprint density at radius 2 is 2.47 bits per heavy atom. The van der Waals surface area contributed by atoms with E-state index in [0.717, 1.165) is 5.03 Å². The second kappa shape index (κ2) is 8.13. The van der Waals surface area contributed by atoms with Crippen LogP contribution in [-0.2, 0) is 9.53 Å². The summed E-state index contributed by atoms with van der Waals surface area (Å²) in [7, 11) is 5.87. The van der Waals surface area contributed by atoms with E-state index < -0.39 is 6.04 Å². The molecule has 1 heterocycles. The first-order chi connectivity index (χ1) is 8.27. The molecule has 1 atom stereocenters. The van der Waals surface area contributed by atoms with Gasteiger partial charge in [-0.3, -0.25) is 5.03 Å². The molecule has 0 N–H and O–H groups in total. The maximum atomic E-state index is 11.3. The highest BCUT2D eigenvalue weighted by Crippen LogP contribution is 2.30. The number of aromatic nitrogens is 1. The van der Waals surface area contributed by atoms with Gasteiger partial charge in [0, 0.05) is 11.9 Å². The maximum Gasteiger partial charge on any atom is 0.333 e. The van der Waals surface area contributed by atoms with Crippen molar-refractivity contribution in [2.45, 2.75) is 11.1 Å². The molecule has 0 amide bonds. The van der Waals surface area contributed by atoms with Crippen molar-refractivity contribution in [2.24, 2.45) is 10.1 Å². The Kier molecular flexibility index (Phi) is 6.72. The average Bonchev–Trinajstić information content (AvgIpc) is 2.38. The fourth-order valence-electron chi connectivity index (χ4n) is 0.979. The fraction of sp³-hybridized carbons (Fsp3) is 0.333. The molecule has 0 aliphatic heterocycles. The van der Waals surface area contributed by atoms with Gasteiger partial charge in [-0.1, -0.05) is 16.9 Å². The summed E-state index contributed by atoms with van der Waals surface area (Å²) in [4.78, 5) is 15.5. The molecule has 0 bridgehead atoms. The van der Waals surface area contributed by atoms with Crippen LogP contribution in [0.2, 0.25) is 0 Å². The van der Waals surface area contributed by atoms with Gasteiger partial charge in [0.2, 0.25) is 0 Å². The first-order valence-corrected chi connectivity index (χ1v) is 7.17. The largest absolute Gasteiger partial charge is 0.467 e. The Balaban J connectivity index is 2.40. The second-order valence-corrected chi connectivity index (χ2v) is 5.25. The Labute approximate surface area is 109 Å². The monoisotopic (exact) mass is 269 g/mol. The molecule has 90 valence electrons. The lowest BCUT2D eigenvalue weighted by Crippen LogP contribution is -2.22. The van der Waals surface area contributed by atoms with Crippen molar-refractivity contribution >= 4 is 35.5 Å². The van der Waals surface area contributed by atoms with Crippen LogP contribution in [-0.4, -0.2) is 37.8 Å². The highest BCUT2D eigenvalue weighted by molar-refractivity contribution is 8.76. The number of esters is 1. The van der Waals surface area contributed by atoms with Gasteiger partial charge in [-0.2, -0.15) is 5.11 Å². The van der Waals surface area contributed by atoms with E-state index in [9.17, 15) is 4.79 Å². The lowest BCUT2D eigenvalue weighted by molar-refractivity contribution is -0.141. The van der Waals surface area contributed by atoms with Crippen molar-refractivity contribution in [3.63, 3.8) is 0 Å². The lowest BCUT2D eigenvalue weighted by Gasteiger charge is -2.07. The molecule has 0 aromatic carbocycles. The van der Waals surface area contributed by atoms with Gasteiger partial charge in [-0.25, -0.2) is 9.78 Å². The summed E-state index contributed by atoms with van der Waals surface area (Å²) in [6, 6.07) is 5.13. The van der Waals surface area contributed by atoms with E-state index in [4.69, 9.17) is 0 Å². The van der Waals surface area contributed by atoms with E-state index in [1.807, 2.05) is 18.2 Å². The maximum absolute atomic E-state index is 11.3. The van der Waals surface area contributed by atoms with Crippen LogP contribution in [0.25, 0.3) is 0 Å². The molecule has 0 fully saturated rings. The minimum atomic E-state index is -0.550. The second-order valence-electron chi connectivity index (χ2n) is 2.89. The first-order valence-electron chi connectivity index (χ1n) is 4.85. The van der Waals surface area contributed by atoms with Crippen LogP contribution in [0.5, 0.6) is 0 Å². The van der Waals surface area contributed by atoms with Gasteiger partial charge in [0.15, 0.2) is 6.04 Å². The number of nitrogens with zero attached hydrogens (tertiary/aromatic N) is 3. The number of carbonyl (C=O) groups excluding carboxylic acids is 1. The van der Waals surface area contributed by atoms with E-state index in [2.05, 4.69) is 19.9 Å². The number of pyridine rings is 1. The molecule has 1 aromatic rings. The molecule has 1 unspecified atom stereocenters. The van der Waals surface area contributed by atoms with Gasteiger partial charge in [0.25, 0.3) is 7.98 Å². The Bertz CT molecular complexity index is 378. The molecule has 0 aliphatic rings. The highest BCUT2D eigenvalue weighted by Gasteiger charge is 2.18. The molecule has 1 rings (SSSR count). The van der Waals surface area contributed by atoms with Gasteiger partial charge in [-0.15, -0.1) is 0 Å². The zero-order chi connectivity index (χ0) is 12.5. The quantitative estimate of drug-likeness (QED) is 0.338. The molecule has 1 aromatic heterocycles. The highest BCUT2D eigenvalue weighted by atomic mass is 33.1. The van der Waals surface area contributed by atoms with Crippen LogP contribution >= 0.6 is 21.6 Å². The van der Waals surface area contributed by atoms with Gasteiger partial charge >= 0.3 is 5.97 Å². The van der Waals surface area contributed by atoms with Crippen molar-refractivity contribution in [2.75, 3.05) is 12.9 Å². The topological polar surface area (TPSA) is 63.9 Å². The first kappa shape index (κ1) is 14.0. The lowest BCUT2D eigenvalue weighted by atomic mass is 10.4. The van der Waals surface area contributed by atoms with E-state index in [1.54, 1.807) is 6.20 Å². The molecule has 5 nitrogen and oxygen atoms in total. The van der Waals surface area contributed by atoms with Crippen molar-refractivity contribution in [1.82, 2.24) is 4.98 Å². The minimum Gasteiger partial charge on any atom is -0.467 e. The van der Waals surface area contributed by atoms with Crippen molar-refractivity contribution in [3.05, 3.63) is 24.4 Å². The Morgan fingerprint density at radius 3 is 3.06 bits per heavy atom. The Hall–Kier alpha value is -1.02. The number of hydrogen-bond acceptors (Lipinski definition) is 7. The molecule has 0 radical (unpaired) electrons. The zero-order valence-electron chi connectivity index (χ0n) is 9.57. The number of carbonyl (C=O) groups is 1. The third-order valence-electron chi connectivity index (χ3n) is 1.74. The molecule has 0 saturated heterocycles. The summed E-state index contributed by atoms with van der Waals surface area (Å²) >= 11 is 0. The Morgan fingerprint density at radius 1 is 1.65 bits per heavy atom. The third kappa shape index (κ3) is 5.23. The SMILES string of the molecule is BN=NC(CSSc1ccccn1)C(=O)OC. The van der Waals surface area contributed by atoms with Crippen LogP contribution in [0, 0.1) is 0 Å². The molecular formula is C9H12BN3O2S2. The number of rotatable bonds is 6. The minimum absolute atomic E-state index is 0.371. The molecule has 0 aliphatic carbocycles. The molecule has 17 heavy (non-hydrogen) atoms. The smallest absolute Gasteiger partial charge is 0.333 e. The summed E-state index contributed by atoms with van der Waals surface area (Å²) < 4.78 is 4.64. The standard InChI is InChI=1S/C9H12BN3O2S2/c1-15-9(14)7(12-13-10)6-16-17-8-4-2-3-5-11-8/h2-5,7H,6,10H2,1H3. The molecule has 8 heteroatoms. The van der Waals surface area contributed by atoms with Gasteiger partial charge < -0.3 is 4.74 Å². The van der Waals surface area contributed by atoms with Gasteiger partial charge in [0.1, 0.15) is 5.03 Å². The number of ether oxygens (including phenoxy) is 1. The molecule has 0 saturated carbocycles. The predicted molar refractivity (Wildman–Crippen MR) is 71.8 cm³/mol. The van der Waals surface area contributed by atoms with Crippen molar-refractivity contribution < 1.29 is 9.53 Å². The summed E-state index contributed by atoms with van der Waals surface area (Å²) in [6.45, 7) is 0. The predicted octanol–water partition coefficient (Wildman–Crippen LogP) is 1.36. The van der Waals surface area contributed by atoms with Crippen molar-refractivity contribution in [1.29, 1.82) is 0 Å². The summed E-state index contributed by atoms with van der Waals surface area (Å²) in [5.41, 5.74) is 0. The van der Waals surface area contributed by atoms with Crippen molar-refractivity contribution in [3.8, 4) is 0 Å². The summed E-state index contributed by atoms with van der Waals surface area (Å²) in [5, 5.41) is 8.34. The summed E-state index contributed by atoms with van der Waals surface area (Å²) in [6.07, 6.45) is 1.73. The van der Waals surface area contributed by atoms with Crippen LogP contribution < -0.4 is 0 Å². The van der Waals surface area contributed by atoms with E-state index in [-0.39, 0.29) is 5.97 Å². The van der Waals surface area contributed by atoms with Gasteiger partial charge in [-0.05, 0) is 22.9 Å². The number of methoxy groups -OCH3 is 1. The molecule has 0 spiro atoms. The van der Waals surface area contributed by atoms with Gasteiger partial charge in [0.05, 0.1) is 7.11 Å². The van der Waals surface area contributed by atoms with E-state index in [1.165, 1.54) is 36.7 Å². The fourth-order valence-corrected chi connectivity index (χ4v) is 2.99. The normalized spacial score (nSPS) is 12.5. The summed E-state index contributed by atoms with van der Waals surface area (Å²) in [5.74, 6) is 0.135. The van der Waals surface area contributed by atoms with E-state index in [0.29, 0.717) is 5.75 Å². The van der Waals surface area contributed by atoms with Crippen LogP contribution in [0.3, 0.4) is 0 Å². The van der Waals surface area contributed by atoms with Crippen LogP contribution in [0.15, 0.2) is 39.6 Å². The average molecular weight is 269 g/mol.